The Morgan fingerprint density at radius 2 is 2.38 bits per heavy atom. The fraction of sp³-hybridized carbons (Fsp3) is 0.571. The number of hydrogen-bond donors (Lipinski definition) is 1. The summed E-state index contributed by atoms with van der Waals surface area (Å²) in [5.41, 5.74) is 2.76. The van der Waals surface area contributed by atoms with Crippen molar-refractivity contribution in [2.45, 2.75) is 45.6 Å². The molecule has 1 aliphatic carbocycles. The van der Waals surface area contributed by atoms with E-state index in [2.05, 4.69) is 25.2 Å². The molecule has 0 bridgehead atoms. The lowest BCUT2D eigenvalue weighted by molar-refractivity contribution is 0.436. The van der Waals surface area contributed by atoms with Crippen LogP contribution in [0.2, 0.25) is 0 Å². The molecule has 0 aliphatic heterocycles. The second kappa shape index (κ2) is 5.35. The minimum absolute atomic E-state index is 0.303. The van der Waals surface area contributed by atoms with Crippen LogP contribution in [0, 0.1) is 6.92 Å². The third-order valence-electron chi connectivity index (χ3n) is 3.21. The second-order valence-electron chi connectivity index (χ2n) is 4.53. The Bertz CT molecular complexity index is 365. The molecule has 2 rings (SSSR count). The number of hydrogen-bond acceptors (Lipinski definition) is 2. The Balaban J connectivity index is 2.17. The molecule has 2 nitrogen and oxygen atoms in total. The highest BCUT2D eigenvalue weighted by molar-refractivity contribution is 5.28. The number of nitrogens with one attached hydrogen (secondary N) is 1. The SMILES string of the molecule is CCCNC(C1=CCCC1)c1occc1C. The minimum atomic E-state index is 0.303. The maximum atomic E-state index is 5.63. The van der Waals surface area contributed by atoms with Crippen molar-refractivity contribution in [3.63, 3.8) is 0 Å². The summed E-state index contributed by atoms with van der Waals surface area (Å²) in [4.78, 5) is 0. The van der Waals surface area contributed by atoms with E-state index >= 15 is 0 Å². The van der Waals surface area contributed by atoms with Crippen molar-refractivity contribution in [2.24, 2.45) is 0 Å². The van der Waals surface area contributed by atoms with E-state index in [1.165, 1.54) is 30.4 Å². The fourth-order valence-corrected chi connectivity index (χ4v) is 2.32. The van der Waals surface area contributed by atoms with E-state index in [1.807, 2.05) is 6.07 Å². The lowest BCUT2D eigenvalue weighted by Crippen LogP contribution is -2.23. The minimum Gasteiger partial charge on any atom is -0.467 e. The van der Waals surface area contributed by atoms with Gasteiger partial charge in [-0.05, 0) is 56.4 Å². The maximum Gasteiger partial charge on any atom is 0.127 e. The zero-order valence-corrected chi connectivity index (χ0v) is 10.3. The van der Waals surface area contributed by atoms with Crippen molar-refractivity contribution < 1.29 is 4.42 Å². The number of rotatable bonds is 5. The van der Waals surface area contributed by atoms with E-state index < -0.39 is 0 Å². The first kappa shape index (κ1) is 11.5. The van der Waals surface area contributed by atoms with Crippen molar-refractivity contribution >= 4 is 0 Å². The first-order valence-electron chi connectivity index (χ1n) is 6.29. The van der Waals surface area contributed by atoms with Crippen LogP contribution in [0.4, 0.5) is 0 Å². The lowest BCUT2D eigenvalue weighted by atomic mass is 10.0. The Morgan fingerprint density at radius 3 is 2.94 bits per heavy atom. The molecule has 0 aromatic carbocycles. The summed E-state index contributed by atoms with van der Waals surface area (Å²) >= 11 is 0. The molecule has 0 spiro atoms. The second-order valence-corrected chi connectivity index (χ2v) is 4.53. The van der Waals surface area contributed by atoms with Crippen LogP contribution in [0.25, 0.3) is 0 Å². The van der Waals surface area contributed by atoms with Crippen molar-refractivity contribution in [1.82, 2.24) is 5.32 Å². The summed E-state index contributed by atoms with van der Waals surface area (Å²) in [7, 11) is 0. The summed E-state index contributed by atoms with van der Waals surface area (Å²) in [6.45, 7) is 5.36. The molecule has 0 radical (unpaired) electrons. The molecule has 1 aromatic rings. The molecule has 1 aliphatic rings. The first-order chi connectivity index (χ1) is 7.83. The molecule has 0 saturated heterocycles. The molecule has 16 heavy (non-hydrogen) atoms. The van der Waals surface area contributed by atoms with Gasteiger partial charge < -0.3 is 9.73 Å². The molecule has 1 atom stereocenters. The van der Waals surface area contributed by atoms with Crippen molar-refractivity contribution in [3.05, 3.63) is 35.3 Å². The van der Waals surface area contributed by atoms with Gasteiger partial charge in [0.05, 0.1) is 12.3 Å². The van der Waals surface area contributed by atoms with Crippen molar-refractivity contribution in [2.75, 3.05) is 6.54 Å². The summed E-state index contributed by atoms with van der Waals surface area (Å²) in [5.74, 6) is 1.10. The van der Waals surface area contributed by atoms with Crippen molar-refractivity contribution in [3.8, 4) is 0 Å². The zero-order valence-electron chi connectivity index (χ0n) is 10.3. The van der Waals surface area contributed by atoms with E-state index in [4.69, 9.17) is 4.42 Å². The summed E-state index contributed by atoms with van der Waals surface area (Å²) in [5, 5.41) is 3.59. The van der Waals surface area contributed by atoms with Crippen molar-refractivity contribution in [1.29, 1.82) is 0 Å². The number of allylic oxidation sites excluding steroid dienone is 1. The van der Waals surface area contributed by atoms with Gasteiger partial charge in [0.1, 0.15) is 5.76 Å². The number of aryl methyl sites for hydroxylation is 1. The van der Waals surface area contributed by atoms with E-state index in [-0.39, 0.29) is 0 Å². The van der Waals surface area contributed by atoms with Gasteiger partial charge in [0.2, 0.25) is 0 Å². The number of furan rings is 1. The van der Waals surface area contributed by atoms with Crippen LogP contribution in [0.15, 0.2) is 28.4 Å². The molecule has 88 valence electrons. The smallest absolute Gasteiger partial charge is 0.127 e. The fourth-order valence-electron chi connectivity index (χ4n) is 2.32. The molecule has 1 heterocycles. The molecule has 0 fully saturated rings. The molecular weight excluding hydrogens is 198 g/mol. The van der Waals surface area contributed by atoms with Gasteiger partial charge in [-0.15, -0.1) is 0 Å². The average molecular weight is 219 g/mol. The van der Waals surface area contributed by atoms with Crippen LogP contribution in [-0.4, -0.2) is 6.54 Å². The van der Waals surface area contributed by atoms with Gasteiger partial charge in [0, 0.05) is 0 Å². The predicted octanol–water partition coefficient (Wildman–Crippen LogP) is 3.74. The van der Waals surface area contributed by atoms with Gasteiger partial charge in [-0.1, -0.05) is 13.0 Å². The van der Waals surface area contributed by atoms with Gasteiger partial charge in [-0.3, -0.25) is 0 Å². The summed E-state index contributed by atoms with van der Waals surface area (Å²) in [6.07, 6.45) is 9.04. The summed E-state index contributed by atoms with van der Waals surface area (Å²) in [6, 6.07) is 2.35. The Kier molecular flexibility index (Phi) is 3.83. The first-order valence-corrected chi connectivity index (χ1v) is 6.29. The van der Waals surface area contributed by atoms with Crippen LogP contribution in [0.5, 0.6) is 0 Å². The van der Waals surface area contributed by atoms with Gasteiger partial charge >= 0.3 is 0 Å². The zero-order chi connectivity index (χ0) is 11.4. The molecule has 0 saturated carbocycles. The van der Waals surface area contributed by atoms with E-state index in [0.29, 0.717) is 6.04 Å². The van der Waals surface area contributed by atoms with Crippen LogP contribution >= 0.6 is 0 Å². The largest absolute Gasteiger partial charge is 0.467 e. The van der Waals surface area contributed by atoms with Gasteiger partial charge in [0.25, 0.3) is 0 Å². The van der Waals surface area contributed by atoms with Crippen LogP contribution < -0.4 is 5.32 Å². The quantitative estimate of drug-likeness (QED) is 0.763. The van der Waals surface area contributed by atoms with Crippen LogP contribution in [-0.2, 0) is 0 Å². The summed E-state index contributed by atoms with van der Waals surface area (Å²) < 4.78 is 5.63. The van der Waals surface area contributed by atoms with Gasteiger partial charge in [-0.25, -0.2) is 0 Å². The highest BCUT2D eigenvalue weighted by Gasteiger charge is 2.22. The molecule has 0 amide bonds. The molecular formula is C14H21NO. The molecule has 1 N–H and O–H groups in total. The molecule has 1 unspecified atom stereocenters. The topological polar surface area (TPSA) is 25.2 Å². The van der Waals surface area contributed by atoms with E-state index in [9.17, 15) is 0 Å². The van der Waals surface area contributed by atoms with E-state index in [0.717, 1.165) is 18.7 Å². The van der Waals surface area contributed by atoms with Gasteiger partial charge in [-0.2, -0.15) is 0 Å². The lowest BCUT2D eigenvalue weighted by Gasteiger charge is -2.18. The standard InChI is InChI=1S/C14H21NO/c1-3-9-15-13(12-6-4-5-7-12)14-11(2)8-10-16-14/h6,8,10,13,15H,3-5,7,9H2,1-2H3. The molecule has 1 aromatic heterocycles. The monoisotopic (exact) mass is 219 g/mol. The Hall–Kier alpha value is -1.02. The average Bonchev–Trinajstić information content (AvgIpc) is 2.91. The normalized spacial score (nSPS) is 17.5. The predicted molar refractivity (Wildman–Crippen MR) is 66.4 cm³/mol. The van der Waals surface area contributed by atoms with E-state index in [1.54, 1.807) is 6.26 Å². The third kappa shape index (κ3) is 2.38. The third-order valence-corrected chi connectivity index (χ3v) is 3.21. The van der Waals surface area contributed by atoms with Crippen LogP contribution in [0.1, 0.15) is 50.0 Å². The van der Waals surface area contributed by atoms with Crippen LogP contribution in [0.3, 0.4) is 0 Å². The molecule has 2 heteroatoms. The Morgan fingerprint density at radius 1 is 1.50 bits per heavy atom. The highest BCUT2D eigenvalue weighted by atomic mass is 16.3. The maximum absolute atomic E-state index is 5.63. The highest BCUT2D eigenvalue weighted by Crippen LogP contribution is 2.32. The van der Waals surface area contributed by atoms with Gasteiger partial charge in [0.15, 0.2) is 0 Å². The Labute approximate surface area is 97.7 Å².